The summed E-state index contributed by atoms with van der Waals surface area (Å²) in [5.41, 5.74) is 2.86. The van der Waals surface area contributed by atoms with E-state index in [-0.39, 0.29) is 11.8 Å². The molecule has 1 aliphatic rings. The molecule has 0 saturated heterocycles. The van der Waals surface area contributed by atoms with E-state index in [0.29, 0.717) is 11.0 Å². The summed E-state index contributed by atoms with van der Waals surface area (Å²) >= 11 is 1.45. The van der Waals surface area contributed by atoms with Crippen LogP contribution in [-0.2, 0) is 9.59 Å². The fourth-order valence-electron chi connectivity index (χ4n) is 4.29. The zero-order valence-corrected chi connectivity index (χ0v) is 19.1. The molecule has 0 aliphatic heterocycles. The van der Waals surface area contributed by atoms with Gasteiger partial charge in [-0.2, -0.15) is 0 Å². The molecule has 3 aromatic rings. The number of carbonyl (C=O) groups excluding carboxylic acids is 2. The molecule has 1 fully saturated rings. The highest BCUT2D eigenvalue weighted by Gasteiger charge is 2.26. The van der Waals surface area contributed by atoms with Crippen LogP contribution in [0.3, 0.4) is 0 Å². The second-order valence-electron chi connectivity index (χ2n) is 8.39. The zero-order valence-electron chi connectivity index (χ0n) is 18.3. The van der Waals surface area contributed by atoms with Gasteiger partial charge in [0.1, 0.15) is 6.04 Å². The third kappa shape index (κ3) is 5.43. The summed E-state index contributed by atoms with van der Waals surface area (Å²) < 4.78 is 0. The molecule has 1 saturated carbocycles. The third-order valence-electron chi connectivity index (χ3n) is 6.06. The average Bonchev–Trinajstić information content (AvgIpc) is 3.29. The molecule has 4 rings (SSSR count). The van der Waals surface area contributed by atoms with Crippen LogP contribution in [0.4, 0.5) is 5.13 Å². The van der Waals surface area contributed by atoms with Gasteiger partial charge in [0.2, 0.25) is 11.8 Å². The number of nitrogens with one attached hydrogen (secondary N) is 2. The quantitative estimate of drug-likeness (QED) is 0.505. The first-order valence-electron chi connectivity index (χ1n) is 11.3. The van der Waals surface area contributed by atoms with Crippen molar-refractivity contribution < 1.29 is 9.59 Å². The molecule has 1 unspecified atom stereocenters. The van der Waals surface area contributed by atoms with Crippen LogP contribution < -0.4 is 10.6 Å². The molecule has 1 atom stereocenters. The molecule has 0 bridgehead atoms. The van der Waals surface area contributed by atoms with E-state index in [2.05, 4.69) is 21.0 Å². The molecular weight excluding hydrogens is 418 g/mol. The molecule has 2 aromatic carbocycles. The van der Waals surface area contributed by atoms with Gasteiger partial charge in [-0.05, 0) is 30.9 Å². The van der Waals surface area contributed by atoms with Crippen molar-refractivity contribution >= 4 is 28.3 Å². The van der Waals surface area contributed by atoms with Crippen LogP contribution in [-0.4, -0.2) is 22.8 Å². The number of nitrogens with zero attached hydrogens (tertiary/aromatic N) is 1. The lowest BCUT2D eigenvalue weighted by Gasteiger charge is -2.21. The van der Waals surface area contributed by atoms with E-state index in [9.17, 15) is 9.59 Å². The van der Waals surface area contributed by atoms with Crippen LogP contribution in [0.25, 0.3) is 0 Å². The number of rotatable bonds is 7. The fourth-order valence-corrected chi connectivity index (χ4v) is 5.09. The number of aromatic nitrogens is 1. The minimum Gasteiger partial charge on any atom is -0.344 e. The van der Waals surface area contributed by atoms with Gasteiger partial charge in [0.05, 0.1) is 11.6 Å². The summed E-state index contributed by atoms with van der Waals surface area (Å²) in [5, 5.41) is 8.42. The zero-order chi connectivity index (χ0) is 22.3. The van der Waals surface area contributed by atoms with Crippen LogP contribution in [0.5, 0.6) is 0 Å². The van der Waals surface area contributed by atoms with Crippen molar-refractivity contribution in [2.75, 3.05) is 5.32 Å². The molecule has 1 heterocycles. The Balaban J connectivity index is 1.41. The molecular formula is C26H29N3O2S. The van der Waals surface area contributed by atoms with E-state index in [0.717, 1.165) is 16.8 Å². The van der Waals surface area contributed by atoms with Crippen molar-refractivity contribution in [1.82, 2.24) is 10.3 Å². The molecule has 1 aliphatic carbocycles. The molecule has 0 radical (unpaired) electrons. The summed E-state index contributed by atoms with van der Waals surface area (Å²) in [5.74, 6) is -0.444. The molecule has 2 amide bonds. The average molecular weight is 448 g/mol. The topological polar surface area (TPSA) is 71.1 Å². The number of amides is 2. The summed E-state index contributed by atoms with van der Waals surface area (Å²) in [6, 6.07) is 18.6. The Labute approximate surface area is 193 Å². The van der Waals surface area contributed by atoms with E-state index in [1.165, 1.54) is 43.4 Å². The number of anilines is 1. The van der Waals surface area contributed by atoms with Gasteiger partial charge in [0.25, 0.3) is 0 Å². The maximum Gasteiger partial charge on any atom is 0.248 e. The van der Waals surface area contributed by atoms with Crippen LogP contribution in [0.15, 0.2) is 66.0 Å². The predicted molar refractivity (Wildman–Crippen MR) is 129 cm³/mol. The summed E-state index contributed by atoms with van der Waals surface area (Å²) in [7, 11) is 0. The number of carbonyl (C=O) groups is 2. The smallest absolute Gasteiger partial charge is 0.248 e. The summed E-state index contributed by atoms with van der Waals surface area (Å²) in [4.78, 5) is 30.6. The van der Waals surface area contributed by atoms with Gasteiger partial charge in [-0.3, -0.25) is 9.59 Å². The van der Waals surface area contributed by atoms with Crippen LogP contribution in [0, 0.1) is 0 Å². The van der Waals surface area contributed by atoms with Crippen molar-refractivity contribution in [3.8, 4) is 0 Å². The lowest BCUT2D eigenvalue weighted by atomic mass is 9.87. The predicted octanol–water partition coefficient (Wildman–Crippen LogP) is 5.47. The molecule has 1 aromatic heterocycles. The standard InChI is InChI=1S/C26H29N3O2S/c1-18(24(30)29-26-28-22(17-32-26)19-11-5-2-6-12-19)27-25(31)23(20-13-7-3-8-14-20)21-15-9-4-10-16-21/h3-4,7-10,13-19,23H,2,5-6,11-12H2,1H3,(H,27,31)(H,28,29,30). The largest absolute Gasteiger partial charge is 0.344 e. The monoisotopic (exact) mass is 447 g/mol. The van der Waals surface area contributed by atoms with Crippen LogP contribution in [0.1, 0.15) is 67.7 Å². The normalized spacial score (nSPS) is 15.3. The Morgan fingerprint density at radius 3 is 2.09 bits per heavy atom. The van der Waals surface area contributed by atoms with Crippen LogP contribution in [0.2, 0.25) is 0 Å². The number of hydrogen-bond donors (Lipinski definition) is 2. The third-order valence-corrected chi connectivity index (χ3v) is 6.83. The van der Waals surface area contributed by atoms with Gasteiger partial charge < -0.3 is 10.6 Å². The first-order valence-corrected chi connectivity index (χ1v) is 12.2. The fraction of sp³-hybridized carbons (Fsp3) is 0.346. The molecule has 166 valence electrons. The van der Waals surface area contributed by atoms with Crippen molar-refractivity contribution in [2.45, 2.75) is 56.9 Å². The molecule has 2 N–H and O–H groups in total. The Morgan fingerprint density at radius 1 is 0.906 bits per heavy atom. The SMILES string of the molecule is CC(NC(=O)C(c1ccccc1)c1ccccc1)C(=O)Nc1nc(C2CCCCC2)cs1. The first-order chi connectivity index (χ1) is 15.6. The van der Waals surface area contributed by atoms with Gasteiger partial charge in [0.15, 0.2) is 5.13 Å². The lowest BCUT2D eigenvalue weighted by Crippen LogP contribution is -2.43. The second-order valence-corrected chi connectivity index (χ2v) is 9.24. The van der Waals surface area contributed by atoms with Gasteiger partial charge in [-0.1, -0.05) is 79.9 Å². The number of thiazole rings is 1. The van der Waals surface area contributed by atoms with Crippen molar-refractivity contribution in [3.63, 3.8) is 0 Å². The highest BCUT2D eigenvalue weighted by molar-refractivity contribution is 7.13. The Kier molecular flexibility index (Phi) is 7.32. The highest BCUT2D eigenvalue weighted by atomic mass is 32.1. The second kappa shape index (κ2) is 10.6. The molecule has 32 heavy (non-hydrogen) atoms. The van der Waals surface area contributed by atoms with E-state index in [1.54, 1.807) is 6.92 Å². The maximum atomic E-state index is 13.2. The summed E-state index contributed by atoms with van der Waals surface area (Å²) in [6.45, 7) is 1.70. The molecule has 6 heteroatoms. The minimum absolute atomic E-state index is 0.202. The van der Waals surface area contributed by atoms with E-state index in [1.807, 2.05) is 60.7 Å². The van der Waals surface area contributed by atoms with Crippen molar-refractivity contribution in [1.29, 1.82) is 0 Å². The van der Waals surface area contributed by atoms with Crippen molar-refractivity contribution in [2.24, 2.45) is 0 Å². The maximum absolute atomic E-state index is 13.2. The van der Waals surface area contributed by atoms with Gasteiger partial charge >= 0.3 is 0 Å². The number of benzene rings is 2. The van der Waals surface area contributed by atoms with E-state index < -0.39 is 12.0 Å². The Morgan fingerprint density at radius 2 is 1.50 bits per heavy atom. The lowest BCUT2D eigenvalue weighted by molar-refractivity contribution is -0.126. The number of hydrogen-bond acceptors (Lipinski definition) is 4. The van der Waals surface area contributed by atoms with Crippen molar-refractivity contribution in [3.05, 3.63) is 82.9 Å². The van der Waals surface area contributed by atoms with Crippen LogP contribution >= 0.6 is 11.3 Å². The van der Waals surface area contributed by atoms with Gasteiger partial charge in [-0.25, -0.2) is 4.98 Å². The van der Waals surface area contributed by atoms with Gasteiger partial charge in [-0.15, -0.1) is 11.3 Å². The summed E-state index contributed by atoms with van der Waals surface area (Å²) in [6.07, 6.45) is 6.14. The molecule has 0 spiro atoms. The van der Waals surface area contributed by atoms with Gasteiger partial charge in [0, 0.05) is 11.3 Å². The Hall–Kier alpha value is -2.99. The molecule has 5 nitrogen and oxygen atoms in total. The minimum atomic E-state index is -0.681. The first kappa shape index (κ1) is 22.2. The van der Waals surface area contributed by atoms with E-state index in [4.69, 9.17) is 0 Å². The Bertz CT molecular complexity index is 990. The van der Waals surface area contributed by atoms with E-state index >= 15 is 0 Å². The highest BCUT2D eigenvalue weighted by Crippen LogP contribution is 2.34.